The summed E-state index contributed by atoms with van der Waals surface area (Å²) in [5.41, 5.74) is 3.42. The number of hydrogen-bond donors (Lipinski definition) is 1. The summed E-state index contributed by atoms with van der Waals surface area (Å²) in [6, 6.07) is 11.3. The molecule has 0 aliphatic heterocycles. The Hall–Kier alpha value is -1.76. The summed E-state index contributed by atoms with van der Waals surface area (Å²) >= 11 is 12.0. The van der Waals surface area contributed by atoms with E-state index in [1.54, 1.807) is 18.2 Å². The Labute approximate surface area is 128 Å². The number of halogens is 2. The highest BCUT2D eigenvalue weighted by atomic mass is 35.5. The van der Waals surface area contributed by atoms with Crippen molar-refractivity contribution in [3.8, 4) is 6.07 Å². The maximum atomic E-state index is 8.80. The maximum absolute atomic E-state index is 8.80. The maximum Gasteiger partial charge on any atom is 0.154 e. The first-order valence-electron chi connectivity index (χ1n) is 6.10. The van der Waals surface area contributed by atoms with Crippen LogP contribution in [0.15, 0.2) is 30.3 Å². The number of hydrogen-bond acceptors (Lipinski definition) is 3. The predicted octanol–water partition coefficient (Wildman–Crippen LogP) is 4.74. The number of pyridine rings is 1. The normalized spacial score (nSPS) is 11.8. The van der Waals surface area contributed by atoms with Crippen LogP contribution in [0.2, 0.25) is 10.3 Å². The van der Waals surface area contributed by atoms with E-state index in [0.29, 0.717) is 15.9 Å². The van der Waals surface area contributed by atoms with Crippen molar-refractivity contribution in [3.05, 3.63) is 57.3 Å². The van der Waals surface area contributed by atoms with E-state index in [2.05, 4.69) is 16.4 Å². The zero-order valence-corrected chi connectivity index (χ0v) is 12.6. The van der Waals surface area contributed by atoms with Crippen LogP contribution >= 0.6 is 23.2 Å². The van der Waals surface area contributed by atoms with Gasteiger partial charge >= 0.3 is 0 Å². The molecule has 0 fully saturated rings. The number of benzene rings is 1. The molecule has 1 atom stereocenters. The van der Waals surface area contributed by atoms with Crippen molar-refractivity contribution in [2.45, 2.75) is 19.9 Å². The fourth-order valence-electron chi connectivity index (χ4n) is 1.92. The van der Waals surface area contributed by atoms with Gasteiger partial charge in [0.2, 0.25) is 0 Å². The third-order valence-electron chi connectivity index (χ3n) is 3.04. The number of anilines is 1. The molecule has 0 aliphatic carbocycles. The number of aryl methyl sites for hydroxylation is 1. The monoisotopic (exact) mass is 305 g/mol. The molecule has 2 rings (SSSR count). The number of nitriles is 1. The Kier molecular flexibility index (Phi) is 4.49. The first kappa shape index (κ1) is 14.6. The molecule has 0 aliphatic rings. The number of nitrogens with one attached hydrogen (secondary N) is 1. The van der Waals surface area contributed by atoms with E-state index in [9.17, 15) is 0 Å². The lowest BCUT2D eigenvalue weighted by Gasteiger charge is -2.18. The lowest BCUT2D eigenvalue weighted by atomic mass is 10.1. The van der Waals surface area contributed by atoms with Gasteiger partial charge in [-0.2, -0.15) is 5.26 Å². The van der Waals surface area contributed by atoms with E-state index in [0.717, 1.165) is 16.8 Å². The SMILES string of the molecule is Cc1cc(Cl)nc(Cl)c1NC(C)c1ccc(C#N)cc1. The van der Waals surface area contributed by atoms with Gasteiger partial charge in [-0.05, 0) is 43.2 Å². The Morgan fingerprint density at radius 2 is 1.90 bits per heavy atom. The molecule has 20 heavy (non-hydrogen) atoms. The summed E-state index contributed by atoms with van der Waals surface area (Å²) in [6.07, 6.45) is 0. The number of rotatable bonds is 3. The first-order valence-corrected chi connectivity index (χ1v) is 6.86. The molecule has 0 amide bonds. The summed E-state index contributed by atoms with van der Waals surface area (Å²) in [5, 5.41) is 12.9. The zero-order chi connectivity index (χ0) is 14.7. The van der Waals surface area contributed by atoms with Gasteiger partial charge in [-0.15, -0.1) is 0 Å². The lowest BCUT2D eigenvalue weighted by molar-refractivity contribution is 0.880. The highest BCUT2D eigenvalue weighted by Gasteiger charge is 2.12. The van der Waals surface area contributed by atoms with Crippen LogP contribution in [0.5, 0.6) is 0 Å². The summed E-state index contributed by atoms with van der Waals surface area (Å²) in [5.74, 6) is 0. The summed E-state index contributed by atoms with van der Waals surface area (Å²) < 4.78 is 0. The highest BCUT2D eigenvalue weighted by Crippen LogP contribution is 2.29. The molecule has 5 heteroatoms. The van der Waals surface area contributed by atoms with Crippen molar-refractivity contribution in [3.63, 3.8) is 0 Å². The van der Waals surface area contributed by atoms with E-state index in [-0.39, 0.29) is 6.04 Å². The Balaban J connectivity index is 2.23. The van der Waals surface area contributed by atoms with Crippen LogP contribution in [0.3, 0.4) is 0 Å². The van der Waals surface area contributed by atoms with Gasteiger partial charge in [-0.25, -0.2) is 4.98 Å². The minimum atomic E-state index is 0.0434. The Morgan fingerprint density at radius 3 is 2.45 bits per heavy atom. The van der Waals surface area contributed by atoms with Crippen LogP contribution in [0.4, 0.5) is 5.69 Å². The highest BCUT2D eigenvalue weighted by molar-refractivity contribution is 6.34. The van der Waals surface area contributed by atoms with Crippen molar-refractivity contribution >= 4 is 28.9 Å². The fourth-order valence-corrected chi connectivity index (χ4v) is 2.50. The van der Waals surface area contributed by atoms with Gasteiger partial charge in [0.05, 0.1) is 17.3 Å². The predicted molar refractivity (Wildman–Crippen MR) is 82.2 cm³/mol. The van der Waals surface area contributed by atoms with Crippen LogP contribution in [-0.4, -0.2) is 4.98 Å². The largest absolute Gasteiger partial charge is 0.376 e. The molecule has 0 spiro atoms. The van der Waals surface area contributed by atoms with Crippen LogP contribution < -0.4 is 5.32 Å². The van der Waals surface area contributed by atoms with Gasteiger partial charge in [0.25, 0.3) is 0 Å². The van der Waals surface area contributed by atoms with E-state index in [4.69, 9.17) is 28.5 Å². The van der Waals surface area contributed by atoms with E-state index in [1.807, 2.05) is 26.0 Å². The topological polar surface area (TPSA) is 48.7 Å². The molecule has 0 bridgehead atoms. The number of nitrogens with zero attached hydrogens (tertiary/aromatic N) is 2. The van der Waals surface area contributed by atoms with Crippen LogP contribution in [-0.2, 0) is 0 Å². The van der Waals surface area contributed by atoms with Crippen molar-refractivity contribution in [1.29, 1.82) is 5.26 Å². The average molecular weight is 306 g/mol. The van der Waals surface area contributed by atoms with E-state index in [1.165, 1.54) is 0 Å². The third kappa shape index (κ3) is 3.22. The fraction of sp³-hybridized carbons (Fsp3) is 0.200. The van der Waals surface area contributed by atoms with Gasteiger partial charge in [0.1, 0.15) is 5.15 Å². The van der Waals surface area contributed by atoms with Crippen molar-refractivity contribution in [1.82, 2.24) is 4.98 Å². The van der Waals surface area contributed by atoms with Gasteiger partial charge in [-0.3, -0.25) is 0 Å². The van der Waals surface area contributed by atoms with Crippen LogP contribution in [0, 0.1) is 18.3 Å². The molecule has 102 valence electrons. The second-order valence-corrected chi connectivity index (χ2v) is 5.27. The molecule has 0 radical (unpaired) electrons. The van der Waals surface area contributed by atoms with E-state index >= 15 is 0 Å². The van der Waals surface area contributed by atoms with Crippen molar-refractivity contribution in [2.24, 2.45) is 0 Å². The molecule has 1 aromatic heterocycles. The van der Waals surface area contributed by atoms with Gasteiger partial charge in [0, 0.05) is 6.04 Å². The molecule has 3 nitrogen and oxygen atoms in total. The van der Waals surface area contributed by atoms with Gasteiger partial charge in [-0.1, -0.05) is 35.3 Å². The molecular weight excluding hydrogens is 293 g/mol. The van der Waals surface area contributed by atoms with Gasteiger partial charge in [0.15, 0.2) is 5.15 Å². The van der Waals surface area contributed by atoms with Crippen molar-refractivity contribution in [2.75, 3.05) is 5.32 Å². The number of aromatic nitrogens is 1. The Bertz CT molecular complexity index is 637. The summed E-state index contributed by atoms with van der Waals surface area (Å²) in [7, 11) is 0. The van der Waals surface area contributed by atoms with E-state index < -0.39 is 0 Å². The summed E-state index contributed by atoms with van der Waals surface area (Å²) in [4.78, 5) is 4.03. The minimum Gasteiger partial charge on any atom is -0.376 e. The summed E-state index contributed by atoms with van der Waals surface area (Å²) in [6.45, 7) is 3.94. The lowest BCUT2D eigenvalue weighted by Crippen LogP contribution is -2.08. The Morgan fingerprint density at radius 1 is 1.25 bits per heavy atom. The van der Waals surface area contributed by atoms with Crippen LogP contribution in [0.25, 0.3) is 0 Å². The molecule has 1 N–H and O–H groups in total. The van der Waals surface area contributed by atoms with Crippen molar-refractivity contribution < 1.29 is 0 Å². The first-order chi connectivity index (χ1) is 9.51. The van der Waals surface area contributed by atoms with Crippen LogP contribution in [0.1, 0.15) is 29.7 Å². The second kappa shape index (κ2) is 6.13. The molecular formula is C15H13Cl2N3. The molecule has 1 heterocycles. The third-order valence-corrected chi connectivity index (χ3v) is 3.51. The zero-order valence-electron chi connectivity index (χ0n) is 11.1. The quantitative estimate of drug-likeness (QED) is 0.833. The molecule has 1 unspecified atom stereocenters. The second-order valence-electron chi connectivity index (χ2n) is 4.53. The molecule has 2 aromatic rings. The molecule has 0 saturated heterocycles. The molecule has 1 aromatic carbocycles. The minimum absolute atomic E-state index is 0.0434. The van der Waals surface area contributed by atoms with Gasteiger partial charge < -0.3 is 5.32 Å². The average Bonchev–Trinajstić information content (AvgIpc) is 2.42. The molecule has 0 saturated carbocycles. The standard InChI is InChI=1S/C15H13Cl2N3/c1-9-7-13(16)20-15(17)14(9)19-10(2)12-5-3-11(8-18)4-6-12/h3-7,10,19H,1-2H3. The smallest absolute Gasteiger partial charge is 0.154 e.